The van der Waals surface area contributed by atoms with Crippen molar-refractivity contribution in [3.8, 4) is 5.75 Å². The minimum absolute atomic E-state index is 0.230. The molecule has 0 aromatic heterocycles. The van der Waals surface area contributed by atoms with E-state index in [0.717, 1.165) is 43.8 Å². The van der Waals surface area contributed by atoms with Crippen LogP contribution in [-0.4, -0.2) is 42.1 Å². The van der Waals surface area contributed by atoms with Crippen LogP contribution < -0.4 is 4.74 Å². The van der Waals surface area contributed by atoms with Gasteiger partial charge >= 0.3 is 0 Å². The van der Waals surface area contributed by atoms with Crippen molar-refractivity contribution in [2.75, 3.05) is 20.2 Å². The molecule has 3 saturated heterocycles. The molecule has 4 heteroatoms. The van der Waals surface area contributed by atoms with Gasteiger partial charge in [-0.1, -0.05) is 23.4 Å². The average Bonchev–Trinajstić information content (AvgIpc) is 2.49. The highest BCUT2D eigenvalue weighted by atomic mass is 16.5. The highest BCUT2D eigenvalue weighted by Crippen LogP contribution is 2.33. The minimum atomic E-state index is 0.230. The van der Waals surface area contributed by atoms with E-state index < -0.39 is 0 Å². The maximum absolute atomic E-state index is 9.32. The fraction of sp³-hybridized carbons (Fsp3) is 0.533. The van der Waals surface area contributed by atoms with Gasteiger partial charge in [0, 0.05) is 5.92 Å². The number of piperidine rings is 3. The SMILES string of the molecule is COc1ccccc1C[C@@H]1/C(=N\O)C2CCN1CC2. The lowest BCUT2D eigenvalue weighted by atomic mass is 9.79. The van der Waals surface area contributed by atoms with Gasteiger partial charge in [-0.25, -0.2) is 0 Å². The van der Waals surface area contributed by atoms with E-state index in [1.165, 1.54) is 5.56 Å². The van der Waals surface area contributed by atoms with E-state index >= 15 is 0 Å². The largest absolute Gasteiger partial charge is 0.496 e. The number of hydrogen-bond acceptors (Lipinski definition) is 4. The van der Waals surface area contributed by atoms with Crippen molar-refractivity contribution in [3.05, 3.63) is 29.8 Å². The predicted octanol–water partition coefficient (Wildman–Crippen LogP) is 2.16. The van der Waals surface area contributed by atoms with E-state index in [9.17, 15) is 5.21 Å². The number of rotatable bonds is 3. The van der Waals surface area contributed by atoms with Gasteiger partial charge < -0.3 is 9.94 Å². The normalized spacial score (nSPS) is 31.6. The van der Waals surface area contributed by atoms with Crippen molar-refractivity contribution in [1.82, 2.24) is 4.90 Å². The van der Waals surface area contributed by atoms with E-state index in [-0.39, 0.29) is 6.04 Å². The summed E-state index contributed by atoms with van der Waals surface area (Å²) in [4.78, 5) is 2.43. The molecule has 0 radical (unpaired) electrons. The third-order valence-corrected chi connectivity index (χ3v) is 4.45. The number of nitrogens with zero attached hydrogens (tertiary/aromatic N) is 2. The average molecular weight is 260 g/mol. The van der Waals surface area contributed by atoms with Crippen molar-refractivity contribution in [2.45, 2.75) is 25.3 Å². The summed E-state index contributed by atoms with van der Waals surface area (Å²) in [5, 5.41) is 12.9. The van der Waals surface area contributed by atoms with E-state index in [0.29, 0.717) is 5.92 Å². The molecule has 3 fully saturated rings. The molecule has 0 aliphatic carbocycles. The van der Waals surface area contributed by atoms with Crippen molar-refractivity contribution in [1.29, 1.82) is 0 Å². The molecule has 3 aliphatic rings. The highest BCUT2D eigenvalue weighted by molar-refractivity contribution is 5.93. The Balaban J connectivity index is 1.85. The molecule has 1 aromatic rings. The quantitative estimate of drug-likeness (QED) is 0.669. The van der Waals surface area contributed by atoms with Crippen LogP contribution in [0, 0.1) is 5.92 Å². The lowest BCUT2D eigenvalue weighted by Gasteiger charge is -2.45. The van der Waals surface area contributed by atoms with Crippen molar-refractivity contribution >= 4 is 5.71 Å². The molecular weight excluding hydrogens is 240 g/mol. The van der Waals surface area contributed by atoms with Crippen LogP contribution in [0.2, 0.25) is 0 Å². The van der Waals surface area contributed by atoms with Crippen molar-refractivity contribution in [3.63, 3.8) is 0 Å². The first-order valence-corrected chi connectivity index (χ1v) is 6.91. The van der Waals surface area contributed by atoms with Crippen molar-refractivity contribution < 1.29 is 9.94 Å². The number of oxime groups is 1. The maximum atomic E-state index is 9.32. The smallest absolute Gasteiger partial charge is 0.122 e. The number of para-hydroxylation sites is 1. The number of fused-ring (bicyclic) bond motifs is 3. The van der Waals surface area contributed by atoms with Gasteiger partial charge in [-0.05, 0) is 44.0 Å². The van der Waals surface area contributed by atoms with Crippen LogP contribution in [0.1, 0.15) is 18.4 Å². The van der Waals surface area contributed by atoms with Crippen LogP contribution in [0.3, 0.4) is 0 Å². The Kier molecular flexibility index (Phi) is 3.42. The topological polar surface area (TPSA) is 45.1 Å². The second-order valence-electron chi connectivity index (χ2n) is 5.37. The van der Waals surface area contributed by atoms with Crippen LogP contribution in [0.25, 0.3) is 0 Å². The summed E-state index contributed by atoms with van der Waals surface area (Å²) in [6.45, 7) is 2.23. The number of benzene rings is 1. The number of ether oxygens (including phenoxy) is 1. The minimum Gasteiger partial charge on any atom is -0.496 e. The third-order valence-electron chi connectivity index (χ3n) is 4.45. The lowest BCUT2D eigenvalue weighted by molar-refractivity contribution is 0.137. The summed E-state index contributed by atoms with van der Waals surface area (Å²) in [5.41, 5.74) is 2.15. The van der Waals surface area contributed by atoms with Crippen molar-refractivity contribution in [2.24, 2.45) is 11.1 Å². The number of methoxy groups -OCH3 is 1. The maximum Gasteiger partial charge on any atom is 0.122 e. The Hall–Kier alpha value is -1.55. The van der Waals surface area contributed by atoms with Crippen LogP contribution in [0.5, 0.6) is 5.75 Å². The van der Waals surface area contributed by atoms with Gasteiger partial charge in [0.1, 0.15) is 5.75 Å². The molecule has 3 heterocycles. The van der Waals surface area contributed by atoms with Gasteiger partial charge in [0.05, 0.1) is 18.9 Å². The Bertz CT molecular complexity index is 479. The molecule has 19 heavy (non-hydrogen) atoms. The first-order chi connectivity index (χ1) is 9.33. The third kappa shape index (κ3) is 2.21. The van der Waals surface area contributed by atoms with E-state index in [1.807, 2.05) is 18.2 Å². The Morgan fingerprint density at radius 1 is 1.32 bits per heavy atom. The second kappa shape index (κ2) is 5.21. The van der Waals surface area contributed by atoms with Gasteiger partial charge in [0.2, 0.25) is 0 Å². The summed E-state index contributed by atoms with van der Waals surface area (Å²) >= 11 is 0. The molecule has 0 amide bonds. The van der Waals surface area contributed by atoms with E-state index in [4.69, 9.17) is 4.74 Å². The first kappa shape index (κ1) is 12.5. The zero-order chi connectivity index (χ0) is 13.2. The van der Waals surface area contributed by atoms with Crippen LogP contribution in [-0.2, 0) is 6.42 Å². The lowest BCUT2D eigenvalue weighted by Crippen LogP contribution is -2.56. The van der Waals surface area contributed by atoms with Gasteiger partial charge in [-0.2, -0.15) is 0 Å². The fourth-order valence-corrected chi connectivity index (χ4v) is 3.43. The first-order valence-electron chi connectivity index (χ1n) is 6.91. The monoisotopic (exact) mass is 260 g/mol. The zero-order valence-corrected chi connectivity index (χ0v) is 11.2. The zero-order valence-electron chi connectivity index (χ0n) is 11.2. The molecule has 102 valence electrons. The summed E-state index contributed by atoms with van der Waals surface area (Å²) in [6, 6.07) is 8.33. The fourth-order valence-electron chi connectivity index (χ4n) is 3.43. The summed E-state index contributed by atoms with van der Waals surface area (Å²) in [6.07, 6.45) is 3.11. The highest BCUT2D eigenvalue weighted by Gasteiger charge is 2.39. The Labute approximate surface area is 113 Å². The standard InChI is InChI=1S/C15H20N2O2/c1-19-14-5-3-2-4-12(14)10-13-15(16-18)11-6-8-17(13)9-7-11/h2-5,11,13,18H,6-10H2,1H3/b16-15-/t13-/m1/s1. The van der Waals surface area contributed by atoms with E-state index in [1.54, 1.807) is 7.11 Å². The number of hydrogen-bond donors (Lipinski definition) is 1. The molecule has 0 spiro atoms. The van der Waals surface area contributed by atoms with Crippen LogP contribution >= 0.6 is 0 Å². The van der Waals surface area contributed by atoms with E-state index in [2.05, 4.69) is 16.1 Å². The predicted molar refractivity (Wildman–Crippen MR) is 74.0 cm³/mol. The molecule has 3 aliphatic heterocycles. The van der Waals surface area contributed by atoms with Gasteiger partial charge in [0.15, 0.2) is 0 Å². The van der Waals surface area contributed by atoms with Crippen LogP contribution in [0.4, 0.5) is 0 Å². The van der Waals surface area contributed by atoms with Crippen LogP contribution in [0.15, 0.2) is 29.4 Å². The molecule has 4 nitrogen and oxygen atoms in total. The second-order valence-corrected chi connectivity index (χ2v) is 5.37. The summed E-state index contributed by atoms with van der Waals surface area (Å²) < 4.78 is 5.41. The Morgan fingerprint density at radius 3 is 2.74 bits per heavy atom. The summed E-state index contributed by atoms with van der Waals surface area (Å²) in [7, 11) is 1.70. The van der Waals surface area contributed by atoms with Gasteiger partial charge in [-0.15, -0.1) is 0 Å². The molecule has 1 atom stereocenters. The summed E-state index contributed by atoms with van der Waals surface area (Å²) in [5.74, 6) is 1.39. The molecule has 4 rings (SSSR count). The molecule has 1 N–H and O–H groups in total. The molecule has 1 aromatic carbocycles. The molecule has 2 bridgehead atoms. The van der Waals surface area contributed by atoms with Gasteiger partial charge in [0.25, 0.3) is 0 Å². The van der Waals surface area contributed by atoms with Gasteiger partial charge in [-0.3, -0.25) is 4.90 Å². The molecule has 0 saturated carbocycles. The Morgan fingerprint density at radius 2 is 2.05 bits per heavy atom. The molecular formula is C15H20N2O2. The molecule has 0 unspecified atom stereocenters.